The molecule has 0 amide bonds. The average Bonchev–Trinajstić information content (AvgIpc) is 2.86. The maximum atomic E-state index is 5.64. The van der Waals surface area contributed by atoms with Crippen LogP contribution in [0.25, 0.3) is 11.3 Å². The Bertz CT molecular complexity index is 738. The van der Waals surface area contributed by atoms with Crippen LogP contribution in [0.4, 0.5) is 17.5 Å². The summed E-state index contributed by atoms with van der Waals surface area (Å²) in [5, 5.41) is 6.24. The minimum Gasteiger partial charge on any atom is -0.384 e. The molecule has 0 saturated heterocycles. The summed E-state index contributed by atoms with van der Waals surface area (Å²) in [4.78, 5) is 12.7. The van der Waals surface area contributed by atoms with Gasteiger partial charge in [-0.15, -0.1) is 11.3 Å². The predicted octanol–water partition coefficient (Wildman–Crippen LogP) is 3.23. The Kier molecular flexibility index (Phi) is 3.30. The van der Waals surface area contributed by atoms with Gasteiger partial charge in [0.15, 0.2) is 0 Å². The zero-order valence-electron chi connectivity index (χ0n) is 10.9. The van der Waals surface area contributed by atoms with Crippen molar-refractivity contribution in [3.63, 3.8) is 0 Å². The van der Waals surface area contributed by atoms with Crippen LogP contribution in [0, 0.1) is 6.92 Å². The van der Waals surface area contributed by atoms with Crippen molar-refractivity contribution in [1.29, 1.82) is 0 Å². The van der Waals surface area contributed by atoms with Gasteiger partial charge >= 0.3 is 0 Å². The van der Waals surface area contributed by atoms with Gasteiger partial charge in [-0.25, -0.2) is 9.97 Å². The van der Waals surface area contributed by atoms with E-state index in [1.54, 1.807) is 23.6 Å². The van der Waals surface area contributed by atoms with Gasteiger partial charge in [0, 0.05) is 22.8 Å². The summed E-state index contributed by atoms with van der Waals surface area (Å²) in [6.45, 7) is 2.00. The summed E-state index contributed by atoms with van der Waals surface area (Å²) < 4.78 is 0. The van der Waals surface area contributed by atoms with E-state index in [0.29, 0.717) is 11.8 Å². The Hall–Kier alpha value is -2.47. The van der Waals surface area contributed by atoms with Crippen molar-refractivity contribution in [2.24, 2.45) is 0 Å². The van der Waals surface area contributed by atoms with Crippen LogP contribution in [0.3, 0.4) is 0 Å². The number of thiazole rings is 1. The first-order valence-electron chi connectivity index (χ1n) is 6.09. The number of nitrogens with one attached hydrogen (secondary N) is 1. The molecule has 3 rings (SSSR count). The van der Waals surface area contributed by atoms with Crippen LogP contribution in [0.2, 0.25) is 0 Å². The molecule has 0 aliphatic carbocycles. The zero-order valence-corrected chi connectivity index (χ0v) is 11.7. The summed E-state index contributed by atoms with van der Waals surface area (Å²) >= 11 is 1.64. The van der Waals surface area contributed by atoms with E-state index in [-0.39, 0.29) is 0 Å². The molecule has 20 heavy (non-hydrogen) atoms. The molecular formula is C14H13N5S. The number of anilines is 3. The maximum absolute atomic E-state index is 5.64. The molecule has 0 saturated carbocycles. The number of aryl methyl sites for hydroxylation is 1. The highest BCUT2D eigenvalue weighted by Gasteiger charge is 2.04. The lowest BCUT2D eigenvalue weighted by Gasteiger charge is -2.06. The Labute approximate surface area is 120 Å². The molecule has 0 radical (unpaired) electrons. The van der Waals surface area contributed by atoms with Gasteiger partial charge < -0.3 is 11.1 Å². The Morgan fingerprint density at radius 3 is 2.85 bits per heavy atom. The number of rotatable bonds is 3. The Morgan fingerprint density at radius 1 is 1.20 bits per heavy atom. The van der Waals surface area contributed by atoms with Crippen LogP contribution >= 0.6 is 11.3 Å². The zero-order chi connectivity index (χ0) is 13.9. The molecule has 2 aromatic heterocycles. The van der Waals surface area contributed by atoms with Gasteiger partial charge in [0.2, 0.25) is 5.95 Å². The van der Waals surface area contributed by atoms with Crippen LogP contribution < -0.4 is 11.1 Å². The summed E-state index contributed by atoms with van der Waals surface area (Å²) in [5.41, 5.74) is 8.57. The Morgan fingerprint density at radius 2 is 2.10 bits per heavy atom. The van der Waals surface area contributed by atoms with Crippen molar-refractivity contribution in [2.75, 3.05) is 11.1 Å². The van der Waals surface area contributed by atoms with E-state index < -0.39 is 0 Å². The summed E-state index contributed by atoms with van der Waals surface area (Å²) in [6.07, 6.45) is 1.62. The standard InChI is InChI=1S/C14H13N5S/c1-9-17-12(8-20-9)10-3-2-4-11(7-10)18-14-16-6-5-13(15)19-14/h2-8H,1H3,(H3,15,16,18,19). The lowest BCUT2D eigenvalue weighted by Crippen LogP contribution is -1.99. The fourth-order valence-electron chi connectivity index (χ4n) is 1.81. The average molecular weight is 283 g/mol. The minimum atomic E-state index is 0.439. The molecule has 5 nitrogen and oxygen atoms in total. The molecule has 0 bridgehead atoms. The van der Waals surface area contributed by atoms with Crippen molar-refractivity contribution in [3.05, 3.63) is 46.9 Å². The highest BCUT2D eigenvalue weighted by Crippen LogP contribution is 2.25. The highest BCUT2D eigenvalue weighted by atomic mass is 32.1. The van der Waals surface area contributed by atoms with Crippen LogP contribution in [0.1, 0.15) is 5.01 Å². The molecule has 3 N–H and O–H groups in total. The number of benzene rings is 1. The quantitative estimate of drug-likeness (QED) is 0.771. The third-order valence-corrected chi connectivity index (χ3v) is 3.48. The molecule has 0 aliphatic heterocycles. The van der Waals surface area contributed by atoms with Crippen LogP contribution in [-0.2, 0) is 0 Å². The van der Waals surface area contributed by atoms with Gasteiger partial charge in [-0.1, -0.05) is 12.1 Å². The van der Waals surface area contributed by atoms with E-state index in [1.165, 1.54) is 0 Å². The molecule has 1 aromatic carbocycles. The lowest BCUT2D eigenvalue weighted by molar-refractivity contribution is 1.17. The van der Waals surface area contributed by atoms with Crippen LogP contribution in [0.15, 0.2) is 41.9 Å². The van der Waals surface area contributed by atoms with E-state index in [1.807, 2.05) is 36.6 Å². The molecule has 3 aromatic rings. The van der Waals surface area contributed by atoms with Gasteiger partial charge in [-0.05, 0) is 25.1 Å². The number of nitrogens with two attached hydrogens (primary N) is 1. The molecule has 0 fully saturated rings. The maximum Gasteiger partial charge on any atom is 0.229 e. The molecule has 2 heterocycles. The SMILES string of the molecule is Cc1nc(-c2cccc(Nc3nccc(N)n3)c2)cs1. The smallest absolute Gasteiger partial charge is 0.229 e. The van der Waals surface area contributed by atoms with Gasteiger partial charge in [0.1, 0.15) is 5.82 Å². The monoisotopic (exact) mass is 283 g/mol. The largest absolute Gasteiger partial charge is 0.384 e. The summed E-state index contributed by atoms with van der Waals surface area (Å²) in [5.74, 6) is 0.922. The van der Waals surface area contributed by atoms with Gasteiger partial charge in [0.05, 0.1) is 10.7 Å². The molecule has 100 valence electrons. The molecule has 0 unspecified atom stereocenters. The molecule has 0 atom stereocenters. The first-order chi connectivity index (χ1) is 9.70. The van der Waals surface area contributed by atoms with Crippen LogP contribution in [-0.4, -0.2) is 15.0 Å². The second-order valence-electron chi connectivity index (χ2n) is 4.26. The minimum absolute atomic E-state index is 0.439. The van der Waals surface area contributed by atoms with E-state index in [9.17, 15) is 0 Å². The van der Waals surface area contributed by atoms with E-state index in [4.69, 9.17) is 5.73 Å². The third-order valence-electron chi connectivity index (χ3n) is 2.71. The number of nitrogen functional groups attached to an aromatic ring is 1. The van der Waals surface area contributed by atoms with E-state index >= 15 is 0 Å². The van der Waals surface area contributed by atoms with Gasteiger partial charge in [-0.3, -0.25) is 0 Å². The number of aromatic nitrogens is 3. The van der Waals surface area contributed by atoms with Crippen molar-refractivity contribution < 1.29 is 0 Å². The van der Waals surface area contributed by atoms with E-state index in [0.717, 1.165) is 22.0 Å². The van der Waals surface area contributed by atoms with E-state index in [2.05, 4.69) is 20.3 Å². The molecule has 0 spiro atoms. The fourth-order valence-corrected chi connectivity index (χ4v) is 2.44. The predicted molar refractivity (Wildman–Crippen MR) is 82.0 cm³/mol. The lowest BCUT2D eigenvalue weighted by atomic mass is 10.1. The number of hydrogen-bond acceptors (Lipinski definition) is 6. The van der Waals surface area contributed by atoms with Crippen molar-refractivity contribution >= 4 is 28.8 Å². The molecular weight excluding hydrogens is 270 g/mol. The normalized spacial score (nSPS) is 10.4. The fraction of sp³-hybridized carbons (Fsp3) is 0.0714. The van der Waals surface area contributed by atoms with Crippen LogP contribution in [0.5, 0.6) is 0 Å². The highest BCUT2D eigenvalue weighted by molar-refractivity contribution is 7.09. The van der Waals surface area contributed by atoms with Crippen molar-refractivity contribution in [3.8, 4) is 11.3 Å². The summed E-state index contributed by atoms with van der Waals surface area (Å²) in [7, 11) is 0. The van der Waals surface area contributed by atoms with Crippen molar-refractivity contribution in [2.45, 2.75) is 6.92 Å². The Balaban J connectivity index is 1.88. The number of nitrogens with zero attached hydrogens (tertiary/aromatic N) is 3. The topological polar surface area (TPSA) is 76.7 Å². The first kappa shape index (κ1) is 12.6. The van der Waals surface area contributed by atoms with Crippen molar-refractivity contribution in [1.82, 2.24) is 15.0 Å². The molecule has 6 heteroatoms. The second-order valence-corrected chi connectivity index (χ2v) is 5.32. The van der Waals surface area contributed by atoms with Gasteiger partial charge in [0.25, 0.3) is 0 Å². The second kappa shape index (κ2) is 5.26. The summed E-state index contributed by atoms with van der Waals surface area (Å²) in [6, 6.07) is 9.62. The molecule has 0 aliphatic rings. The number of hydrogen-bond donors (Lipinski definition) is 2. The van der Waals surface area contributed by atoms with Gasteiger partial charge in [-0.2, -0.15) is 4.98 Å². The first-order valence-corrected chi connectivity index (χ1v) is 6.97. The third kappa shape index (κ3) is 2.75.